The highest BCUT2D eigenvalue weighted by molar-refractivity contribution is 5.93. The lowest BCUT2D eigenvalue weighted by molar-refractivity contribution is -0.129. The van der Waals surface area contributed by atoms with Crippen LogP contribution >= 0.6 is 0 Å². The lowest BCUT2D eigenvalue weighted by atomic mass is 9.45. The first-order valence-corrected chi connectivity index (χ1v) is 11.6. The summed E-state index contributed by atoms with van der Waals surface area (Å²) in [6.07, 6.45) is 6.69. The number of hydrogen-bond donors (Lipinski definition) is 2. The van der Waals surface area contributed by atoms with Crippen molar-refractivity contribution in [3.63, 3.8) is 0 Å². The van der Waals surface area contributed by atoms with Gasteiger partial charge in [-0.1, -0.05) is 19.9 Å². The maximum Gasteiger partial charge on any atom is 0.268 e. The molecule has 0 spiro atoms. The molecule has 3 N–H and O–H groups in total. The molecule has 4 atom stereocenters. The monoisotopic (exact) mass is 423 g/mol. The van der Waals surface area contributed by atoms with Crippen molar-refractivity contribution in [1.29, 1.82) is 0 Å². The van der Waals surface area contributed by atoms with Gasteiger partial charge in [-0.05, 0) is 61.0 Å². The largest absolute Gasteiger partial charge is 0.350 e. The zero-order valence-electron chi connectivity index (χ0n) is 18.5. The summed E-state index contributed by atoms with van der Waals surface area (Å²) in [7, 11) is 0. The number of carbonyl (C=O) groups is 2. The zero-order chi connectivity index (χ0) is 21.8. The van der Waals surface area contributed by atoms with Gasteiger partial charge in [-0.15, -0.1) is 0 Å². The molecule has 3 heterocycles. The van der Waals surface area contributed by atoms with Crippen LogP contribution in [0.4, 0.5) is 0 Å². The minimum Gasteiger partial charge on any atom is -0.350 e. The first-order valence-electron chi connectivity index (χ1n) is 11.6. The molecule has 166 valence electrons. The van der Waals surface area contributed by atoms with Gasteiger partial charge in [0.15, 0.2) is 0 Å². The number of pyridine rings is 1. The quantitative estimate of drug-likeness (QED) is 0.771. The lowest BCUT2D eigenvalue weighted by Gasteiger charge is -2.60. The summed E-state index contributed by atoms with van der Waals surface area (Å²) in [6, 6.07) is 5.61. The number of imidazole rings is 1. The number of rotatable bonds is 5. The maximum absolute atomic E-state index is 13.0. The maximum atomic E-state index is 13.0. The molecule has 6 rings (SSSR count). The first-order chi connectivity index (χ1) is 14.8. The summed E-state index contributed by atoms with van der Waals surface area (Å²) < 4.78 is 1.80. The van der Waals surface area contributed by atoms with Crippen LogP contribution in [0.25, 0.3) is 5.65 Å². The number of aromatic nitrogens is 2. The van der Waals surface area contributed by atoms with Crippen molar-refractivity contribution in [1.82, 2.24) is 19.6 Å². The Morgan fingerprint density at radius 3 is 2.81 bits per heavy atom. The Morgan fingerprint density at radius 2 is 2.10 bits per heavy atom. The molecule has 2 aromatic rings. The van der Waals surface area contributed by atoms with Crippen molar-refractivity contribution in [3.8, 4) is 0 Å². The van der Waals surface area contributed by atoms with Crippen LogP contribution < -0.4 is 11.1 Å². The predicted molar refractivity (Wildman–Crippen MR) is 119 cm³/mol. The number of likely N-dealkylation sites (tertiary alicyclic amines) is 1. The molecule has 7 heteroatoms. The standard InChI is InChI=1S/C24H33N5O2/c1-24(2)16-7-6-15(19(24)10-16)12-26-23(31)20-4-3-5-21-27-18(14-29(20)21)11-22(30)28-9-8-17(25)13-28/h3-5,14-17,19H,6-13,25H2,1-2H3,(H,26,31)/t15-,16+,17?,19+/m0/s1. The van der Waals surface area contributed by atoms with E-state index in [-0.39, 0.29) is 24.3 Å². The third kappa shape index (κ3) is 3.63. The molecule has 1 aliphatic heterocycles. The van der Waals surface area contributed by atoms with E-state index in [1.807, 2.05) is 24.4 Å². The molecule has 1 unspecified atom stereocenters. The van der Waals surface area contributed by atoms with Gasteiger partial charge in [-0.2, -0.15) is 0 Å². The molecule has 1 saturated heterocycles. The van der Waals surface area contributed by atoms with Gasteiger partial charge in [-0.3, -0.25) is 14.0 Å². The first kappa shape index (κ1) is 20.5. The molecule has 4 aliphatic rings. The Balaban J connectivity index is 1.26. The van der Waals surface area contributed by atoms with E-state index >= 15 is 0 Å². The highest BCUT2D eigenvalue weighted by Crippen LogP contribution is 2.61. The molecular formula is C24H33N5O2. The molecule has 7 nitrogen and oxygen atoms in total. The van der Waals surface area contributed by atoms with Gasteiger partial charge in [0.1, 0.15) is 11.3 Å². The van der Waals surface area contributed by atoms with Gasteiger partial charge >= 0.3 is 0 Å². The number of nitrogens with one attached hydrogen (secondary N) is 1. The van der Waals surface area contributed by atoms with Crippen molar-refractivity contribution in [3.05, 3.63) is 35.8 Å². The minimum atomic E-state index is -0.0781. The Bertz CT molecular complexity index is 1010. The fourth-order valence-electron chi connectivity index (χ4n) is 6.13. The van der Waals surface area contributed by atoms with Gasteiger partial charge in [0, 0.05) is 31.9 Å². The smallest absolute Gasteiger partial charge is 0.268 e. The SMILES string of the molecule is CC1(C)[C@@H]2CC[C@@H](CNC(=O)c3cccc4nc(CC(=O)N5CCC(N)C5)cn34)[C@H]1C2. The van der Waals surface area contributed by atoms with Gasteiger partial charge in [0.2, 0.25) is 5.91 Å². The topological polar surface area (TPSA) is 92.7 Å². The molecule has 4 fully saturated rings. The van der Waals surface area contributed by atoms with Crippen LogP contribution in [0.2, 0.25) is 0 Å². The normalized spacial score (nSPS) is 29.1. The fraction of sp³-hybridized carbons (Fsp3) is 0.625. The third-order valence-electron chi connectivity index (χ3n) is 8.21. The highest BCUT2D eigenvalue weighted by atomic mass is 16.2. The van der Waals surface area contributed by atoms with Crippen LogP contribution in [0.1, 0.15) is 55.7 Å². The van der Waals surface area contributed by atoms with Gasteiger partial charge in [0.05, 0.1) is 12.1 Å². The average molecular weight is 424 g/mol. The molecular weight excluding hydrogens is 390 g/mol. The summed E-state index contributed by atoms with van der Waals surface area (Å²) in [4.78, 5) is 32.0. The highest BCUT2D eigenvalue weighted by Gasteiger charge is 2.53. The second-order valence-electron chi connectivity index (χ2n) is 10.3. The van der Waals surface area contributed by atoms with Crippen molar-refractivity contribution in [2.24, 2.45) is 28.9 Å². The number of carbonyl (C=O) groups excluding carboxylic acids is 2. The summed E-state index contributed by atoms with van der Waals surface area (Å²) in [5, 5.41) is 3.18. The van der Waals surface area contributed by atoms with E-state index in [0.29, 0.717) is 47.4 Å². The number of amides is 2. The van der Waals surface area contributed by atoms with Crippen molar-refractivity contribution in [2.75, 3.05) is 19.6 Å². The predicted octanol–water partition coefficient (Wildman–Crippen LogP) is 2.24. The number of fused-ring (bicyclic) bond motifs is 3. The average Bonchev–Trinajstić information content (AvgIpc) is 3.37. The Labute approximate surface area is 183 Å². The molecule has 0 radical (unpaired) electrons. The molecule has 31 heavy (non-hydrogen) atoms. The summed E-state index contributed by atoms with van der Waals surface area (Å²) >= 11 is 0. The molecule has 3 aliphatic carbocycles. The van der Waals surface area contributed by atoms with E-state index in [2.05, 4.69) is 24.1 Å². The van der Waals surface area contributed by atoms with E-state index in [1.165, 1.54) is 19.3 Å². The summed E-state index contributed by atoms with van der Waals surface area (Å²) in [5.41, 5.74) is 8.27. The Hall–Kier alpha value is -2.41. The molecule has 2 bridgehead atoms. The van der Waals surface area contributed by atoms with Crippen molar-refractivity contribution >= 4 is 17.5 Å². The van der Waals surface area contributed by atoms with Crippen LogP contribution in [0.3, 0.4) is 0 Å². The molecule has 2 aromatic heterocycles. The van der Waals surface area contributed by atoms with E-state index in [4.69, 9.17) is 5.73 Å². The van der Waals surface area contributed by atoms with E-state index < -0.39 is 0 Å². The van der Waals surface area contributed by atoms with Crippen LogP contribution in [0, 0.1) is 23.2 Å². The molecule has 3 saturated carbocycles. The number of nitrogens with zero attached hydrogens (tertiary/aromatic N) is 3. The number of hydrogen-bond acceptors (Lipinski definition) is 4. The number of nitrogens with two attached hydrogens (primary N) is 1. The van der Waals surface area contributed by atoms with Crippen LogP contribution in [-0.4, -0.2) is 51.8 Å². The second-order valence-corrected chi connectivity index (χ2v) is 10.3. The van der Waals surface area contributed by atoms with E-state index in [9.17, 15) is 9.59 Å². The van der Waals surface area contributed by atoms with E-state index in [1.54, 1.807) is 9.30 Å². The third-order valence-corrected chi connectivity index (χ3v) is 8.21. The summed E-state index contributed by atoms with van der Waals surface area (Å²) in [6.45, 7) is 6.81. The van der Waals surface area contributed by atoms with Crippen LogP contribution in [0.15, 0.2) is 24.4 Å². The van der Waals surface area contributed by atoms with Crippen LogP contribution in [0.5, 0.6) is 0 Å². The second kappa shape index (κ2) is 7.62. The van der Waals surface area contributed by atoms with Gasteiger partial charge in [-0.25, -0.2) is 4.98 Å². The van der Waals surface area contributed by atoms with Gasteiger partial charge < -0.3 is 16.0 Å². The Kier molecular flexibility index (Phi) is 5.04. The molecule has 2 amide bonds. The summed E-state index contributed by atoms with van der Waals surface area (Å²) in [5.74, 6) is 2.10. The Morgan fingerprint density at radius 1 is 1.26 bits per heavy atom. The van der Waals surface area contributed by atoms with E-state index in [0.717, 1.165) is 18.9 Å². The fourth-order valence-corrected chi connectivity index (χ4v) is 6.13. The lowest BCUT2D eigenvalue weighted by Crippen LogP contribution is -2.54. The molecule has 0 aromatic carbocycles. The zero-order valence-corrected chi connectivity index (χ0v) is 18.5. The van der Waals surface area contributed by atoms with Crippen molar-refractivity contribution in [2.45, 2.75) is 52.0 Å². The van der Waals surface area contributed by atoms with Crippen molar-refractivity contribution < 1.29 is 9.59 Å². The minimum absolute atomic E-state index is 0.0427. The van der Waals surface area contributed by atoms with Crippen LogP contribution in [-0.2, 0) is 11.2 Å². The van der Waals surface area contributed by atoms with Gasteiger partial charge in [0.25, 0.3) is 5.91 Å².